The highest BCUT2D eigenvalue weighted by Gasteiger charge is 2.47. The summed E-state index contributed by atoms with van der Waals surface area (Å²) in [5, 5.41) is 3.05. The van der Waals surface area contributed by atoms with Crippen molar-refractivity contribution in [1.29, 1.82) is 0 Å². The molecular formula is C19H18FNO3S. The lowest BCUT2D eigenvalue weighted by molar-refractivity contribution is -0.123. The summed E-state index contributed by atoms with van der Waals surface area (Å²) in [5.41, 5.74) is 0.795. The van der Waals surface area contributed by atoms with Gasteiger partial charge in [0.1, 0.15) is 5.82 Å². The van der Waals surface area contributed by atoms with E-state index in [2.05, 4.69) is 5.32 Å². The van der Waals surface area contributed by atoms with Gasteiger partial charge in [-0.25, -0.2) is 12.8 Å². The number of hydrogen-bond donors (Lipinski definition) is 1. The Morgan fingerprint density at radius 1 is 1.12 bits per heavy atom. The first-order chi connectivity index (χ1) is 11.9. The molecule has 2 aromatic rings. The van der Waals surface area contributed by atoms with E-state index >= 15 is 0 Å². The van der Waals surface area contributed by atoms with Crippen molar-refractivity contribution in [3.8, 4) is 0 Å². The van der Waals surface area contributed by atoms with Crippen molar-refractivity contribution in [2.75, 3.05) is 5.75 Å². The molecule has 1 N–H and O–H groups in total. The predicted octanol–water partition coefficient (Wildman–Crippen LogP) is 2.89. The van der Waals surface area contributed by atoms with Crippen LogP contribution in [0.25, 0.3) is 0 Å². The van der Waals surface area contributed by atoms with Gasteiger partial charge in [0.2, 0.25) is 5.91 Å². The monoisotopic (exact) mass is 359 g/mol. The summed E-state index contributed by atoms with van der Waals surface area (Å²) >= 11 is 0. The molecule has 1 amide bonds. The van der Waals surface area contributed by atoms with Crippen molar-refractivity contribution >= 4 is 15.7 Å². The Balaban J connectivity index is 1.62. The minimum Gasteiger partial charge on any atom is -0.346 e. The average Bonchev–Trinajstić information content (AvgIpc) is 3.36. The summed E-state index contributed by atoms with van der Waals surface area (Å²) in [5.74, 6) is -1.04. The molecular weight excluding hydrogens is 341 g/mol. The third kappa shape index (κ3) is 2.84. The number of amides is 1. The van der Waals surface area contributed by atoms with Gasteiger partial charge in [0.05, 0.1) is 22.1 Å². The fraction of sp³-hybridized carbons (Fsp3) is 0.316. The molecule has 1 heterocycles. The molecule has 0 spiro atoms. The molecule has 1 fully saturated rings. The highest BCUT2D eigenvalue weighted by atomic mass is 32.2. The molecule has 4 nitrogen and oxygen atoms in total. The maximum atomic E-state index is 13.5. The molecule has 1 aliphatic heterocycles. The van der Waals surface area contributed by atoms with Crippen LogP contribution in [0.15, 0.2) is 53.4 Å². The van der Waals surface area contributed by atoms with Gasteiger partial charge >= 0.3 is 0 Å². The number of halogens is 1. The van der Waals surface area contributed by atoms with Crippen LogP contribution in [0.2, 0.25) is 0 Å². The summed E-state index contributed by atoms with van der Waals surface area (Å²) in [6.07, 6.45) is 1.79. The highest BCUT2D eigenvalue weighted by molar-refractivity contribution is 7.91. The number of benzene rings is 2. The van der Waals surface area contributed by atoms with Crippen molar-refractivity contribution in [3.63, 3.8) is 0 Å². The van der Waals surface area contributed by atoms with Crippen LogP contribution in [0.4, 0.5) is 4.39 Å². The van der Waals surface area contributed by atoms with E-state index in [0.717, 1.165) is 18.4 Å². The number of hydrogen-bond acceptors (Lipinski definition) is 3. The molecule has 4 rings (SSSR count). The molecule has 2 aliphatic rings. The van der Waals surface area contributed by atoms with Crippen molar-refractivity contribution in [2.24, 2.45) is 0 Å². The smallest absolute Gasteiger partial charge is 0.228 e. The first kappa shape index (κ1) is 16.3. The second kappa shape index (κ2) is 5.66. The van der Waals surface area contributed by atoms with Crippen molar-refractivity contribution < 1.29 is 17.6 Å². The SMILES string of the molecule is O=C(NC1(c2cccc(F)c2)CC1)C1CCS(=O)(=O)c2ccccc21. The molecule has 0 saturated heterocycles. The molecule has 0 bridgehead atoms. The third-order valence-electron chi connectivity index (χ3n) is 5.11. The molecule has 1 unspecified atom stereocenters. The number of carbonyl (C=O) groups is 1. The van der Waals surface area contributed by atoms with E-state index in [9.17, 15) is 17.6 Å². The molecule has 1 aliphatic carbocycles. The molecule has 0 aromatic heterocycles. The molecule has 0 radical (unpaired) electrons. The zero-order valence-corrected chi connectivity index (χ0v) is 14.4. The second-order valence-corrected chi connectivity index (χ2v) is 8.86. The second-order valence-electron chi connectivity index (χ2n) is 6.78. The van der Waals surface area contributed by atoms with Gasteiger partial charge in [-0.2, -0.15) is 0 Å². The molecule has 25 heavy (non-hydrogen) atoms. The van der Waals surface area contributed by atoms with E-state index in [1.165, 1.54) is 12.1 Å². The normalized spacial score (nSPS) is 22.7. The van der Waals surface area contributed by atoms with Crippen LogP contribution in [-0.2, 0) is 20.2 Å². The Kier molecular flexibility index (Phi) is 3.68. The predicted molar refractivity (Wildman–Crippen MR) is 91.3 cm³/mol. The number of fused-ring (bicyclic) bond motifs is 1. The van der Waals surface area contributed by atoms with Crippen LogP contribution in [0, 0.1) is 5.82 Å². The van der Waals surface area contributed by atoms with E-state index in [-0.39, 0.29) is 28.8 Å². The molecule has 1 atom stereocenters. The summed E-state index contributed by atoms with van der Waals surface area (Å²) < 4.78 is 38.0. The third-order valence-corrected chi connectivity index (χ3v) is 6.93. The van der Waals surface area contributed by atoms with Gasteiger partial charge in [-0.15, -0.1) is 0 Å². The summed E-state index contributed by atoms with van der Waals surface area (Å²) in [4.78, 5) is 13.1. The van der Waals surface area contributed by atoms with E-state index in [1.54, 1.807) is 30.3 Å². The topological polar surface area (TPSA) is 63.2 Å². The van der Waals surface area contributed by atoms with Crippen LogP contribution in [-0.4, -0.2) is 20.1 Å². The van der Waals surface area contributed by atoms with Gasteiger partial charge in [0.15, 0.2) is 9.84 Å². The fourth-order valence-electron chi connectivity index (χ4n) is 3.58. The van der Waals surface area contributed by atoms with Gasteiger partial charge < -0.3 is 5.32 Å². The summed E-state index contributed by atoms with van der Waals surface area (Å²) in [6.45, 7) is 0. The Morgan fingerprint density at radius 3 is 2.60 bits per heavy atom. The standard InChI is InChI=1S/C19H18FNO3S/c20-14-5-3-4-13(12-14)19(9-10-19)21-18(22)16-8-11-25(23,24)17-7-2-1-6-15(16)17/h1-7,12,16H,8-11H2,(H,21,22). The van der Waals surface area contributed by atoms with Crippen LogP contribution in [0.5, 0.6) is 0 Å². The molecule has 130 valence electrons. The maximum absolute atomic E-state index is 13.5. The van der Waals surface area contributed by atoms with E-state index in [4.69, 9.17) is 0 Å². The summed E-state index contributed by atoms with van der Waals surface area (Å²) in [7, 11) is -3.32. The van der Waals surface area contributed by atoms with Crippen molar-refractivity contribution in [3.05, 3.63) is 65.5 Å². The Hall–Kier alpha value is -2.21. The number of rotatable bonds is 3. The Morgan fingerprint density at radius 2 is 1.88 bits per heavy atom. The van der Waals surface area contributed by atoms with E-state index in [1.807, 2.05) is 6.07 Å². The van der Waals surface area contributed by atoms with Crippen molar-refractivity contribution in [1.82, 2.24) is 5.32 Å². The van der Waals surface area contributed by atoms with Crippen LogP contribution >= 0.6 is 0 Å². The lowest BCUT2D eigenvalue weighted by atomic mass is 9.93. The lowest BCUT2D eigenvalue weighted by Crippen LogP contribution is -2.40. The number of carbonyl (C=O) groups excluding carboxylic acids is 1. The minimum absolute atomic E-state index is 0.0327. The zero-order valence-electron chi connectivity index (χ0n) is 13.5. The first-order valence-electron chi connectivity index (χ1n) is 8.31. The average molecular weight is 359 g/mol. The Labute approximate surface area is 146 Å². The van der Waals surface area contributed by atoms with Gasteiger partial charge in [-0.05, 0) is 48.6 Å². The van der Waals surface area contributed by atoms with Gasteiger partial charge in [0.25, 0.3) is 0 Å². The van der Waals surface area contributed by atoms with Crippen molar-refractivity contribution in [2.45, 2.75) is 35.6 Å². The molecule has 2 aromatic carbocycles. The maximum Gasteiger partial charge on any atom is 0.228 e. The number of nitrogens with one attached hydrogen (secondary N) is 1. The van der Waals surface area contributed by atoms with E-state index in [0.29, 0.717) is 5.56 Å². The fourth-order valence-corrected chi connectivity index (χ4v) is 5.20. The Bertz CT molecular complexity index is 951. The quantitative estimate of drug-likeness (QED) is 0.917. The minimum atomic E-state index is -3.32. The first-order valence-corrected chi connectivity index (χ1v) is 9.96. The van der Waals surface area contributed by atoms with Crippen LogP contribution < -0.4 is 5.32 Å². The molecule has 1 saturated carbocycles. The van der Waals surface area contributed by atoms with E-state index < -0.39 is 21.3 Å². The lowest BCUT2D eigenvalue weighted by Gasteiger charge is -2.27. The highest BCUT2D eigenvalue weighted by Crippen LogP contribution is 2.46. The number of sulfone groups is 1. The van der Waals surface area contributed by atoms with Gasteiger partial charge in [-0.3, -0.25) is 4.79 Å². The largest absolute Gasteiger partial charge is 0.346 e. The zero-order chi connectivity index (χ0) is 17.7. The van der Waals surface area contributed by atoms with Crippen LogP contribution in [0.3, 0.4) is 0 Å². The van der Waals surface area contributed by atoms with Gasteiger partial charge in [0, 0.05) is 0 Å². The molecule has 6 heteroatoms. The summed E-state index contributed by atoms with van der Waals surface area (Å²) in [6, 6.07) is 13.0. The van der Waals surface area contributed by atoms with Crippen LogP contribution in [0.1, 0.15) is 36.3 Å². The van der Waals surface area contributed by atoms with Gasteiger partial charge in [-0.1, -0.05) is 30.3 Å².